The van der Waals surface area contributed by atoms with Crippen LogP contribution in [0.3, 0.4) is 0 Å². The number of amides is 2. The zero-order valence-electron chi connectivity index (χ0n) is 16.1. The highest BCUT2D eigenvalue weighted by atomic mass is 16.5. The van der Waals surface area contributed by atoms with E-state index in [0.29, 0.717) is 0 Å². The number of hydrogen-bond donors (Lipinski definition) is 3. The Labute approximate surface area is 154 Å². The van der Waals surface area contributed by atoms with E-state index in [1.165, 1.54) is 6.21 Å². The van der Waals surface area contributed by atoms with Gasteiger partial charge in [0, 0.05) is 17.1 Å². The van der Waals surface area contributed by atoms with E-state index in [-0.39, 0.29) is 17.1 Å². The number of hydrazone groups is 1. The summed E-state index contributed by atoms with van der Waals surface area (Å²) in [4.78, 5) is 24.1. The second kappa shape index (κ2) is 7.86. The molecule has 1 aliphatic heterocycles. The zero-order valence-corrected chi connectivity index (χ0v) is 16.1. The molecule has 7 heteroatoms. The number of piperidine rings is 1. The summed E-state index contributed by atoms with van der Waals surface area (Å²) < 4.78 is 5.07. The monoisotopic (exact) mass is 360 g/mol. The molecule has 0 saturated carbocycles. The van der Waals surface area contributed by atoms with Crippen molar-refractivity contribution in [3.05, 3.63) is 29.8 Å². The van der Waals surface area contributed by atoms with Gasteiger partial charge in [-0.05, 0) is 70.4 Å². The van der Waals surface area contributed by atoms with Crippen LogP contribution < -0.4 is 20.8 Å². The molecule has 2 rings (SSSR count). The van der Waals surface area contributed by atoms with Crippen molar-refractivity contribution in [2.45, 2.75) is 57.7 Å². The second-order valence-electron chi connectivity index (χ2n) is 7.94. The Morgan fingerprint density at radius 2 is 1.69 bits per heavy atom. The summed E-state index contributed by atoms with van der Waals surface area (Å²) in [6.45, 7) is 8.36. The lowest BCUT2D eigenvalue weighted by Gasteiger charge is -2.46. The first kappa shape index (κ1) is 19.9. The number of carbonyl (C=O) groups excluding carboxylic acids is 2. The number of rotatable bonds is 4. The van der Waals surface area contributed by atoms with E-state index in [9.17, 15) is 9.59 Å². The second-order valence-corrected chi connectivity index (χ2v) is 7.94. The van der Waals surface area contributed by atoms with Gasteiger partial charge in [0.2, 0.25) is 0 Å². The van der Waals surface area contributed by atoms with Crippen LogP contribution in [0.1, 0.15) is 46.1 Å². The molecule has 26 heavy (non-hydrogen) atoms. The molecule has 1 saturated heterocycles. The maximum atomic E-state index is 12.1. The van der Waals surface area contributed by atoms with E-state index >= 15 is 0 Å². The summed E-state index contributed by atoms with van der Waals surface area (Å²) in [5.74, 6) is -0.710. The van der Waals surface area contributed by atoms with Gasteiger partial charge in [-0.3, -0.25) is 9.59 Å². The lowest BCUT2D eigenvalue weighted by atomic mass is 9.79. The van der Waals surface area contributed by atoms with E-state index in [0.717, 1.165) is 24.2 Å². The third-order valence-electron chi connectivity index (χ3n) is 4.23. The Balaban J connectivity index is 1.87. The predicted molar refractivity (Wildman–Crippen MR) is 101 cm³/mol. The molecule has 7 nitrogen and oxygen atoms in total. The quantitative estimate of drug-likeness (QED) is 0.432. The minimum Gasteiger partial charge on any atom is -0.497 e. The number of nitrogens with one attached hydrogen (secondary N) is 3. The van der Waals surface area contributed by atoms with Crippen LogP contribution in [0.4, 0.5) is 0 Å². The van der Waals surface area contributed by atoms with Crippen molar-refractivity contribution >= 4 is 18.0 Å². The summed E-state index contributed by atoms with van der Waals surface area (Å²) in [5, 5.41) is 10.2. The van der Waals surface area contributed by atoms with Crippen molar-refractivity contribution in [2.24, 2.45) is 5.10 Å². The Bertz CT molecular complexity index is 665. The van der Waals surface area contributed by atoms with Gasteiger partial charge in [-0.2, -0.15) is 5.10 Å². The third kappa shape index (κ3) is 5.84. The van der Waals surface area contributed by atoms with Gasteiger partial charge in [0.25, 0.3) is 0 Å². The van der Waals surface area contributed by atoms with Crippen LogP contribution in [-0.4, -0.2) is 42.3 Å². The first-order valence-corrected chi connectivity index (χ1v) is 8.67. The summed E-state index contributed by atoms with van der Waals surface area (Å²) in [7, 11) is 1.59. The SMILES string of the molecule is COc1ccc(C=NNC(=O)C(=O)NC2CC(C)(C)NC(C)(C)C2)cc1. The highest BCUT2D eigenvalue weighted by molar-refractivity contribution is 6.35. The van der Waals surface area contributed by atoms with Gasteiger partial charge in [0.05, 0.1) is 13.3 Å². The number of carbonyl (C=O) groups is 2. The van der Waals surface area contributed by atoms with Gasteiger partial charge in [-0.15, -0.1) is 0 Å². The van der Waals surface area contributed by atoms with Crippen molar-refractivity contribution in [1.82, 2.24) is 16.1 Å². The molecule has 0 unspecified atom stereocenters. The predicted octanol–water partition coefficient (Wildman–Crippen LogP) is 1.57. The van der Waals surface area contributed by atoms with Gasteiger partial charge in [-0.1, -0.05) is 0 Å². The molecule has 1 heterocycles. The molecule has 142 valence electrons. The normalized spacial score (nSPS) is 19.1. The minimum atomic E-state index is -0.774. The number of ether oxygens (including phenoxy) is 1. The Kier molecular flexibility index (Phi) is 6.02. The molecule has 0 atom stereocenters. The van der Waals surface area contributed by atoms with Crippen molar-refractivity contribution < 1.29 is 14.3 Å². The van der Waals surface area contributed by atoms with Crippen LogP contribution in [0.15, 0.2) is 29.4 Å². The molecule has 0 aliphatic carbocycles. The first-order chi connectivity index (χ1) is 12.1. The summed E-state index contributed by atoms with van der Waals surface area (Å²) in [6.07, 6.45) is 2.98. The molecule has 1 aromatic carbocycles. The van der Waals surface area contributed by atoms with Crippen LogP contribution >= 0.6 is 0 Å². The van der Waals surface area contributed by atoms with Crippen LogP contribution in [0, 0.1) is 0 Å². The Morgan fingerprint density at radius 1 is 1.12 bits per heavy atom. The lowest BCUT2D eigenvalue weighted by molar-refractivity contribution is -0.140. The third-order valence-corrected chi connectivity index (χ3v) is 4.23. The number of methoxy groups -OCH3 is 1. The molecule has 0 bridgehead atoms. The van der Waals surface area contributed by atoms with Crippen LogP contribution in [-0.2, 0) is 9.59 Å². The Morgan fingerprint density at radius 3 is 2.23 bits per heavy atom. The highest BCUT2D eigenvalue weighted by Gasteiger charge is 2.38. The molecule has 1 fully saturated rings. The number of hydrogen-bond acceptors (Lipinski definition) is 5. The van der Waals surface area contributed by atoms with Gasteiger partial charge in [0.15, 0.2) is 0 Å². The fourth-order valence-corrected chi connectivity index (χ4v) is 3.58. The summed E-state index contributed by atoms with van der Waals surface area (Å²) in [5.41, 5.74) is 2.83. The van der Waals surface area contributed by atoms with E-state index in [1.54, 1.807) is 31.4 Å². The maximum Gasteiger partial charge on any atom is 0.329 e. The molecular weight excluding hydrogens is 332 g/mol. The summed E-state index contributed by atoms with van der Waals surface area (Å²) >= 11 is 0. The van der Waals surface area contributed by atoms with Gasteiger partial charge >= 0.3 is 11.8 Å². The number of benzene rings is 1. The van der Waals surface area contributed by atoms with Crippen molar-refractivity contribution in [3.63, 3.8) is 0 Å². The molecule has 0 aromatic heterocycles. The van der Waals surface area contributed by atoms with Crippen LogP contribution in [0.5, 0.6) is 5.75 Å². The van der Waals surface area contributed by atoms with E-state index < -0.39 is 11.8 Å². The van der Waals surface area contributed by atoms with Crippen molar-refractivity contribution in [3.8, 4) is 5.75 Å². The largest absolute Gasteiger partial charge is 0.497 e. The van der Waals surface area contributed by atoms with E-state index in [1.807, 2.05) is 0 Å². The molecule has 2 amide bonds. The molecule has 0 spiro atoms. The van der Waals surface area contributed by atoms with E-state index in [2.05, 4.69) is 48.9 Å². The molecule has 0 radical (unpaired) electrons. The average Bonchev–Trinajstić information content (AvgIpc) is 2.52. The Hall–Kier alpha value is -2.41. The average molecular weight is 360 g/mol. The topological polar surface area (TPSA) is 91.8 Å². The number of nitrogens with zero attached hydrogens (tertiary/aromatic N) is 1. The fourth-order valence-electron chi connectivity index (χ4n) is 3.58. The minimum absolute atomic E-state index is 0.0648. The smallest absolute Gasteiger partial charge is 0.329 e. The molecule has 3 N–H and O–H groups in total. The highest BCUT2D eigenvalue weighted by Crippen LogP contribution is 2.28. The van der Waals surface area contributed by atoms with E-state index in [4.69, 9.17) is 4.74 Å². The fraction of sp³-hybridized carbons (Fsp3) is 0.526. The van der Waals surface area contributed by atoms with Crippen molar-refractivity contribution in [1.29, 1.82) is 0 Å². The zero-order chi connectivity index (χ0) is 19.4. The lowest BCUT2D eigenvalue weighted by Crippen LogP contribution is -2.62. The standard InChI is InChI=1S/C19H28N4O3/c1-18(2)10-14(11-19(3,4)23-18)21-16(24)17(25)22-20-12-13-6-8-15(26-5)9-7-13/h6-9,12,14,23H,10-11H2,1-5H3,(H,21,24)(H,22,25). The molecule has 1 aliphatic rings. The molecular formula is C19H28N4O3. The van der Waals surface area contributed by atoms with Gasteiger partial charge in [-0.25, -0.2) is 5.43 Å². The summed E-state index contributed by atoms with van der Waals surface area (Å²) in [6, 6.07) is 7.11. The van der Waals surface area contributed by atoms with Gasteiger partial charge < -0.3 is 15.4 Å². The first-order valence-electron chi connectivity index (χ1n) is 8.67. The molecule has 1 aromatic rings. The van der Waals surface area contributed by atoms with Crippen LogP contribution in [0.25, 0.3) is 0 Å². The van der Waals surface area contributed by atoms with Gasteiger partial charge in [0.1, 0.15) is 5.75 Å². The maximum absolute atomic E-state index is 12.1. The van der Waals surface area contributed by atoms with Crippen LogP contribution in [0.2, 0.25) is 0 Å². The van der Waals surface area contributed by atoms with Crippen molar-refractivity contribution in [2.75, 3.05) is 7.11 Å².